The van der Waals surface area contributed by atoms with Crippen molar-refractivity contribution in [2.24, 2.45) is 0 Å². The number of benzene rings is 2. The van der Waals surface area contributed by atoms with Crippen LogP contribution >= 0.6 is 15.9 Å². The van der Waals surface area contributed by atoms with Crippen molar-refractivity contribution in [3.63, 3.8) is 0 Å². The summed E-state index contributed by atoms with van der Waals surface area (Å²) in [6.07, 6.45) is 0.310. The molecule has 112 valence electrons. The van der Waals surface area contributed by atoms with E-state index in [-0.39, 0.29) is 24.8 Å². The minimum Gasteiger partial charge on any atom is -0.395 e. The maximum absolute atomic E-state index is 13.3. The highest BCUT2D eigenvalue weighted by atomic mass is 79.9. The average Bonchev–Trinajstić information content (AvgIpc) is 2.49. The molecular formula is C16H15BrF2O2. The molecule has 0 aliphatic rings. The first-order valence-corrected chi connectivity index (χ1v) is 7.22. The summed E-state index contributed by atoms with van der Waals surface area (Å²) in [4.78, 5) is 0. The van der Waals surface area contributed by atoms with Crippen molar-refractivity contribution >= 4 is 15.9 Å². The molecule has 2 nitrogen and oxygen atoms in total. The fourth-order valence-corrected chi connectivity index (χ4v) is 2.72. The molecular weight excluding hydrogens is 342 g/mol. The van der Waals surface area contributed by atoms with Crippen LogP contribution in [0, 0.1) is 11.6 Å². The minimum atomic E-state index is -0.940. The molecule has 0 heterocycles. The van der Waals surface area contributed by atoms with Crippen LogP contribution in [0.5, 0.6) is 0 Å². The van der Waals surface area contributed by atoms with Gasteiger partial charge in [0.05, 0.1) is 17.7 Å². The van der Waals surface area contributed by atoms with Crippen molar-refractivity contribution in [1.82, 2.24) is 0 Å². The number of aliphatic hydroxyl groups excluding tert-OH is 2. The average molecular weight is 357 g/mol. The maximum Gasteiger partial charge on any atom is 0.137 e. The van der Waals surface area contributed by atoms with E-state index < -0.39 is 5.41 Å². The van der Waals surface area contributed by atoms with Gasteiger partial charge in [0.25, 0.3) is 0 Å². The molecule has 0 radical (unpaired) electrons. The molecule has 0 spiro atoms. The van der Waals surface area contributed by atoms with E-state index in [1.54, 1.807) is 24.3 Å². The maximum atomic E-state index is 13.3. The number of hydrogen-bond donors (Lipinski definition) is 2. The van der Waals surface area contributed by atoms with Crippen LogP contribution < -0.4 is 0 Å². The SMILES string of the molecule is OCC(CO)(Cc1ccc(F)c(Br)c1)c1ccc(F)cc1. The van der Waals surface area contributed by atoms with Crippen molar-refractivity contribution < 1.29 is 19.0 Å². The lowest BCUT2D eigenvalue weighted by Gasteiger charge is -2.30. The van der Waals surface area contributed by atoms with E-state index >= 15 is 0 Å². The smallest absolute Gasteiger partial charge is 0.137 e. The molecule has 2 aromatic rings. The van der Waals surface area contributed by atoms with E-state index in [9.17, 15) is 19.0 Å². The zero-order chi connectivity index (χ0) is 15.5. The Balaban J connectivity index is 2.37. The first-order chi connectivity index (χ1) is 10.0. The molecule has 0 fully saturated rings. The molecule has 0 amide bonds. The Kier molecular flexibility index (Phi) is 5.08. The second-order valence-electron chi connectivity index (χ2n) is 5.03. The molecule has 5 heteroatoms. The lowest BCUT2D eigenvalue weighted by Crippen LogP contribution is -2.37. The van der Waals surface area contributed by atoms with Gasteiger partial charge in [0.15, 0.2) is 0 Å². The van der Waals surface area contributed by atoms with E-state index in [4.69, 9.17) is 0 Å². The summed E-state index contributed by atoms with van der Waals surface area (Å²) in [6, 6.07) is 10.2. The van der Waals surface area contributed by atoms with E-state index in [2.05, 4.69) is 15.9 Å². The normalized spacial score (nSPS) is 11.7. The van der Waals surface area contributed by atoms with Crippen molar-refractivity contribution in [3.8, 4) is 0 Å². The van der Waals surface area contributed by atoms with Crippen LogP contribution in [-0.2, 0) is 11.8 Å². The minimum absolute atomic E-state index is 0.301. The van der Waals surface area contributed by atoms with Crippen molar-refractivity contribution in [1.29, 1.82) is 0 Å². The Morgan fingerprint density at radius 3 is 2.10 bits per heavy atom. The second-order valence-corrected chi connectivity index (χ2v) is 5.88. The standard InChI is InChI=1S/C16H15BrF2O2/c17-14-7-11(1-6-15(14)19)8-16(9-20,10-21)12-2-4-13(18)5-3-12/h1-7,20-21H,8-10H2. The third-order valence-corrected chi connectivity index (χ3v) is 4.20. The van der Waals surface area contributed by atoms with Crippen LogP contribution in [0.3, 0.4) is 0 Å². The Labute approximate surface area is 130 Å². The lowest BCUT2D eigenvalue weighted by atomic mass is 9.77. The third-order valence-electron chi connectivity index (χ3n) is 3.59. The van der Waals surface area contributed by atoms with E-state index in [0.717, 1.165) is 5.56 Å². The van der Waals surface area contributed by atoms with Gasteiger partial charge in [0.2, 0.25) is 0 Å². The number of aliphatic hydroxyl groups is 2. The summed E-state index contributed by atoms with van der Waals surface area (Å²) >= 11 is 3.11. The van der Waals surface area contributed by atoms with Crippen LogP contribution in [0.2, 0.25) is 0 Å². The molecule has 0 saturated carbocycles. The van der Waals surface area contributed by atoms with Crippen LogP contribution in [0.1, 0.15) is 11.1 Å². The molecule has 2 N–H and O–H groups in total. The van der Waals surface area contributed by atoms with Crippen molar-refractivity contribution in [2.75, 3.05) is 13.2 Å². The monoisotopic (exact) mass is 356 g/mol. The largest absolute Gasteiger partial charge is 0.395 e. The molecule has 0 saturated heterocycles. The van der Waals surface area contributed by atoms with Gasteiger partial charge in [-0.05, 0) is 57.7 Å². The van der Waals surface area contributed by atoms with Gasteiger partial charge in [0.1, 0.15) is 11.6 Å². The molecule has 0 aliphatic heterocycles. The number of rotatable bonds is 5. The van der Waals surface area contributed by atoms with Gasteiger partial charge in [-0.1, -0.05) is 18.2 Å². The molecule has 0 aromatic heterocycles. The fourth-order valence-electron chi connectivity index (χ4n) is 2.29. The van der Waals surface area contributed by atoms with Gasteiger partial charge in [-0.2, -0.15) is 0 Å². The molecule has 0 bridgehead atoms. The number of halogens is 3. The molecule has 0 aliphatic carbocycles. The summed E-state index contributed by atoms with van der Waals surface area (Å²) in [5.74, 6) is -0.757. The molecule has 0 atom stereocenters. The molecule has 21 heavy (non-hydrogen) atoms. The number of hydrogen-bond acceptors (Lipinski definition) is 2. The Hall–Kier alpha value is -1.30. The molecule has 0 unspecified atom stereocenters. The molecule has 2 aromatic carbocycles. The zero-order valence-corrected chi connectivity index (χ0v) is 12.8. The van der Waals surface area contributed by atoms with Gasteiger partial charge in [-0.3, -0.25) is 0 Å². The van der Waals surface area contributed by atoms with E-state index in [0.29, 0.717) is 16.5 Å². The van der Waals surface area contributed by atoms with Gasteiger partial charge >= 0.3 is 0 Å². The Bertz CT molecular complexity index is 610. The first-order valence-electron chi connectivity index (χ1n) is 6.42. The van der Waals surface area contributed by atoms with Gasteiger partial charge in [-0.25, -0.2) is 8.78 Å². The van der Waals surface area contributed by atoms with Gasteiger partial charge in [0, 0.05) is 5.41 Å². The van der Waals surface area contributed by atoms with Crippen LogP contribution in [0.25, 0.3) is 0 Å². The zero-order valence-electron chi connectivity index (χ0n) is 11.2. The highest BCUT2D eigenvalue weighted by Crippen LogP contribution is 2.29. The summed E-state index contributed by atoms with van der Waals surface area (Å²) in [5, 5.41) is 19.5. The van der Waals surface area contributed by atoms with Crippen LogP contribution in [-0.4, -0.2) is 23.4 Å². The first kappa shape index (κ1) is 16.1. The van der Waals surface area contributed by atoms with Crippen LogP contribution in [0.4, 0.5) is 8.78 Å². The Morgan fingerprint density at radius 1 is 0.952 bits per heavy atom. The fraction of sp³-hybridized carbons (Fsp3) is 0.250. The predicted molar refractivity (Wildman–Crippen MR) is 80.1 cm³/mol. The lowest BCUT2D eigenvalue weighted by molar-refractivity contribution is 0.116. The predicted octanol–water partition coefficient (Wildman–Crippen LogP) is 3.19. The second kappa shape index (κ2) is 6.64. The van der Waals surface area contributed by atoms with Crippen molar-refractivity contribution in [2.45, 2.75) is 11.8 Å². The third kappa shape index (κ3) is 3.48. The Morgan fingerprint density at radius 2 is 1.57 bits per heavy atom. The summed E-state index contributed by atoms with van der Waals surface area (Å²) < 4.78 is 26.6. The van der Waals surface area contributed by atoms with E-state index in [1.807, 2.05) is 0 Å². The quantitative estimate of drug-likeness (QED) is 0.863. The summed E-state index contributed by atoms with van der Waals surface area (Å²) in [6.45, 7) is -0.603. The van der Waals surface area contributed by atoms with E-state index in [1.165, 1.54) is 18.2 Å². The van der Waals surface area contributed by atoms with Crippen LogP contribution in [0.15, 0.2) is 46.9 Å². The highest BCUT2D eigenvalue weighted by molar-refractivity contribution is 9.10. The van der Waals surface area contributed by atoms with Gasteiger partial charge in [-0.15, -0.1) is 0 Å². The summed E-state index contributed by atoms with van der Waals surface area (Å²) in [5.41, 5.74) is 0.454. The topological polar surface area (TPSA) is 40.5 Å². The van der Waals surface area contributed by atoms with Crippen molar-refractivity contribution in [3.05, 3.63) is 69.7 Å². The highest BCUT2D eigenvalue weighted by Gasteiger charge is 2.31. The summed E-state index contributed by atoms with van der Waals surface area (Å²) in [7, 11) is 0. The molecule has 2 rings (SSSR count). The van der Waals surface area contributed by atoms with Gasteiger partial charge < -0.3 is 10.2 Å².